The van der Waals surface area contributed by atoms with Crippen LogP contribution >= 0.6 is 0 Å². The van der Waals surface area contributed by atoms with Crippen LogP contribution in [0.15, 0.2) is 46.9 Å². The Balaban J connectivity index is 1.68. The zero-order chi connectivity index (χ0) is 19.6. The number of carbonyl (C=O) groups excluding carboxylic acids is 1. The molecule has 142 valence electrons. The van der Waals surface area contributed by atoms with E-state index >= 15 is 0 Å². The van der Waals surface area contributed by atoms with Crippen LogP contribution in [0.25, 0.3) is 11.0 Å². The number of furan rings is 1. The molecule has 3 rings (SSSR count). The van der Waals surface area contributed by atoms with Gasteiger partial charge in [0.25, 0.3) is 0 Å². The van der Waals surface area contributed by atoms with Crippen molar-refractivity contribution in [2.24, 2.45) is 0 Å². The summed E-state index contributed by atoms with van der Waals surface area (Å²) >= 11 is 0. The second-order valence-electron chi connectivity index (χ2n) is 7.14. The van der Waals surface area contributed by atoms with Gasteiger partial charge in [-0.05, 0) is 51.7 Å². The second-order valence-corrected chi connectivity index (χ2v) is 7.14. The highest BCUT2D eigenvalue weighted by molar-refractivity contribution is 6.01. The Morgan fingerprint density at radius 3 is 2.52 bits per heavy atom. The Morgan fingerprint density at radius 2 is 1.85 bits per heavy atom. The van der Waals surface area contributed by atoms with E-state index in [1.54, 1.807) is 13.0 Å². The van der Waals surface area contributed by atoms with Crippen LogP contribution in [0.5, 0.6) is 0 Å². The Bertz CT molecular complexity index is 945. The van der Waals surface area contributed by atoms with Crippen molar-refractivity contribution in [2.75, 3.05) is 27.2 Å². The van der Waals surface area contributed by atoms with Gasteiger partial charge in [-0.25, -0.2) is 4.39 Å². The third-order valence-electron chi connectivity index (χ3n) is 4.86. The molecule has 1 aromatic heterocycles. The molecule has 0 bridgehead atoms. The molecule has 4 nitrogen and oxygen atoms in total. The molecule has 1 N–H and O–H groups in total. The number of ketones is 1. The number of hydrogen-bond donors (Lipinski definition) is 1. The molecule has 0 amide bonds. The predicted molar refractivity (Wildman–Crippen MR) is 106 cm³/mol. The van der Waals surface area contributed by atoms with Gasteiger partial charge in [0.1, 0.15) is 11.4 Å². The van der Waals surface area contributed by atoms with Crippen molar-refractivity contribution >= 4 is 16.8 Å². The van der Waals surface area contributed by atoms with E-state index in [0.29, 0.717) is 28.8 Å². The third kappa shape index (κ3) is 4.26. The van der Waals surface area contributed by atoms with E-state index in [2.05, 4.69) is 41.4 Å². The molecular weight excluding hydrogens is 343 g/mol. The van der Waals surface area contributed by atoms with E-state index < -0.39 is 0 Å². The van der Waals surface area contributed by atoms with Gasteiger partial charge in [0.15, 0.2) is 5.76 Å². The van der Waals surface area contributed by atoms with Crippen LogP contribution in [0.2, 0.25) is 0 Å². The van der Waals surface area contributed by atoms with Crippen LogP contribution < -0.4 is 5.32 Å². The molecule has 3 aromatic rings. The highest BCUT2D eigenvalue weighted by atomic mass is 19.1. The van der Waals surface area contributed by atoms with Gasteiger partial charge in [0.2, 0.25) is 5.78 Å². The normalized spacial score (nSPS) is 12.7. The summed E-state index contributed by atoms with van der Waals surface area (Å²) in [6.07, 6.45) is 0. The van der Waals surface area contributed by atoms with Gasteiger partial charge in [0, 0.05) is 23.5 Å². The van der Waals surface area contributed by atoms with Crippen LogP contribution in [0.1, 0.15) is 33.3 Å². The van der Waals surface area contributed by atoms with E-state index in [-0.39, 0.29) is 24.2 Å². The van der Waals surface area contributed by atoms with Crippen LogP contribution in [0.3, 0.4) is 0 Å². The molecule has 27 heavy (non-hydrogen) atoms. The molecule has 0 saturated carbocycles. The quantitative estimate of drug-likeness (QED) is 0.633. The van der Waals surface area contributed by atoms with E-state index in [0.717, 1.165) is 0 Å². The topological polar surface area (TPSA) is 45.5 Å². The molecule has 0 saturated heterocycles. The van der Waals surface area contributed by atoms with Crippen molar-refractivity contribution in [1.29, 1.82) is 0 Å². The molecule has 0 aliphatic rings. The summed E-state index contributed by atoms with van der Waals surface area (Å²) in [4.78, 5) is 14.7. The number of rotatable bonds is 7. The molecule has 5 heteroatoms. The van der Waals surface area contributed by atoms with E-state index in [1.165, 1.54) is 23.3 Å². The average Bonchev–Trinajstić information content (AvgIpc) is 2.96. The number of nitrogens with one attached hydrogen (secondary N) is 1. The number of likely N-dealkylation sites (N-methyl/N-ethyl adjacent to an activating group) is 1. The van der Waals surface area contributed by atoms with Crippen LogP contribution in [0.4, 0.5) is 4.39 Å². The van der Waals surface area contributed by atoms with Gasteiger partial charge < -0.3 is 14.6 Å². The molecular formula is C22H25FN2O2. The minimum atomic E-state index is -0.338. The lowest BCUT2D eigenvalue weighted by molar-refractivity contribution is 0.0963. The molecule has 0 radical (unpaired) electrons. The number of aryl methyl sites for hydroxylation is 2. The lowest BCUT2D eigenvalue weighted by Crippen LogP contribution is -2.33. The zero-order valence-electron chi connectivity index (χ0n) is 16.2. The maximum atomic E-state index is 13.4. The first kappa shape index (κ1) is 19.3. The number of halogens is 1. The van der Waals surface area contributed by atoms with E-state index in [1.807, 2.05) is 14.1 Å². The van der Waals surface area contributed by atoms with Gasteiger partial charge in [-0.15, -0.1) is 0 Å². The van der Waals surface area contributed by atoms with Gasteiger partial charge in [0.05, 0.1) is 6.54 Å². The molecule has 1 unspecified atom stereocenters. The van der Waals surface area contributed by atoms with Crippen LogP contribution in [0, 0.1) is 19.7 Å². The van der Waals surface area contributed by atoms with Crippen molar-refractivity contribution in [1.82, 2.24) is 10.2 Å². The molecule has 1 atom stereocenters. The Labute approximate surface area is 159 Å². The summed E-state index contributed by atoms with van der Waals surface area (Å²) in [5, 5.41) is 3.88. The van der Waals surface area contributed by atoms with Gasteiger partial charge in [-0.2, -0.15) is 0 Å². The highest BCUT2D eigenvalue weighted by Crippen LogP contribution is 2.26. The molecule has 0 fully saturated rings. The van der Waals surface area contributed by atoms with Crippen molar-refractivity contribution in [3.8, 4) is 0 Å². The molecule has 0 aliphatic heterocycles. The second kappa shape index (κ2) is 8.03. The third-order valence-corrected chi connectivity index (χ3v) is 4.86. The van der Waals surface area contributed by atoms with Crippen molar-refractivity contribution < 1.29 is 13.6 Å². The number of carbonyl (C=O) groups is 1. The number of benzene rings is 2. The lowest BCUT2D eigenvalue weighted by Gasteiger charge is -2.25. The maximum absolute atomic E-state index is 13.4. The first-order valence-corrected chi connectivity index (χ1v) is 9.02. The molecule has 0 aliphatic carbocycles. The first-order valence-electron chi connectivity index (χ1n) is 9.02. The fourth-order valence-electron chi connectivity index (χ4n) is 3.25. The standard InChI is InChI=1S/C22H25FN2O2/c1-14-5-7-16(8-6-14)19(25(3)4)12-24-13-20(26)22-15(2)18-11-17(23)9-10-21(18)27-22/h5-11,19,24H,12-13H2,1-4H3. The summed E-state index contributed by atoms with van der Waals surface area (Å²) in [6.45, 7) is 4.65. The fraction of sp³-hybridized carbons (Fsp3) is 0.318. The summed E-state index contributed by atoms with van der Waals surface area (Å²) in [5.41, 5.74) is 3.62. The number of Topliss-reactive ketones (excluding diaryl/α,β-unsaturated/α-hetero) is 1. The van der Waals surface area contributed by atoms with Crippen molar-refractivity contribution in [3.05, 3.63) is 70.7 Å². The smallest absolute Gasteiger partial charge is 0.212 e. The summed E-state index contributed by atoms with van der Waals surface area (Å²) in [7, 11) is 4.04. The fourth-order valence-corrected chi connectivity index (χ4v) is 3.25. The van der Waals surface area contributed by atoms with Crippen molar-refractivity contribution in [2.45, 2.75) is 19.9 Å². The SMILES string of the molecule is Cc1ccc(C(CNCC(=O)c2oc3ccc(F)cc3c2C)N(C)C)cc1. The molecule has 2 aromatic carbocycles. The first-order chi connectivity index (χ1) is 12.9. The van der Waals surface area contributed by atoms with Gasteiger partial charge in [-0.1, -0.05) is 29.8 Å². The Hall–Kier alpha value is -2.50. The summed E-state index contributed by atoms with van der Waals surface area (Å²) < 4.78 is 19.1. The van der Waals surface area contributed by atoms with Crippen LogP contribution in [-0.4, -0.2) is 37.9 Å². The lowest BCUT2D eigenvalue weighted by atomic mass is 10.0. The largest absolute Gasteiger partial charge is 0.453 e. The zero-order valence-corrected chi connectivity index (χ0v) is 16.2. The summed E-state index contributed by atoms with van der Waals surface area (Å²) in [6, 6.07) is 12.9. The number of fused-ring (bicyclic) bond motifs is 1. The maximum Gasteiger partial charge on any atom is 0.212 e. The number of nitrogens with zero attached hydrogens (tertiary/aromatic N) is 1. The number of hydrogen-bond acceptors (Lipinski definition) is 4. The van der Waals surface area contributed by atoms with Crippen LogP contribution in [-0.2, 0) is 0 Å². The monoisotopic (exact) mass is 368 g/mol. The van der Waals surface area contributed by atoms with E-state index in [4.69, 9.17) is 4.42 Å². The predicted octanol–water partition coefficient (Wildman–Crippen LogP) is 4.26. The Morgan fingerprint density at radius 1 is 1.15 bits per heavy atom. The molecule has 1 heterocycles. The van der Waals surface area contributed by atoms with Gasteiger partial charge in [-0.3, -0.25) is 4.79 Å². The summed E-state index contributed by atoms with van der Waals surface area (Å²) in [5.74, 6) is -0.180. The minimum absolute atomic E-state index is 0.134. The van der Waals surface area contributed by atoms with E-state index in [9.17, 15) is 9.18 Å². The Kier molecular flexibility index (Phi) is 5.73. The van der Waals surface area contributed by atoms with Crippen molar-refractivity contribution in [3.63, 3.8) is 0 Å². The minimum Gasteiger partial charge on any atom is -0.453 e. The average molecular weight is 368 g/mol. The van der Waals surface area contributed by atoms with Gasteiger partial charge >= 0.3 is 0 Å². The molecule has 0 spiro atoms. The highest BCUT2D eigenvalue weighted by Gasteiger charge is 2.19.